The number of likely N-dealkylation sites (N-methyl/N-ethyl adjacent to an activating group) is 1. The molecule has 19 heavy (non-hydrogen) atoms. The number of likely N-dealkylation sites (tertiary alicyclic amines) is 1. The number of halogens is 1. The average molecular weight is 282 g/mol. The average Bonchev–Trinajstić information content (AvgIpc) is 2.41. The number of benzene rings is 1. The third-order valence-corrected chi connectivity index (χ3v) is 3.76. The van der Waals surface area contributed by atoms with Crippen molar-refractivity contribution in [1.82, 2.24) is 10.2 Å². The molecule has 0 aliphatic carbocycles. The maximum absolute atomic E-state index is 13.6. The van der Waals surface area contributed by atoms with Crippen molar-refractivity contribution in [2.75, 3.05) is 19.6 Å². The van der Waals surface area contributed by atoms with Gasteiger partial charge in [-0.3, -0.25) is 4.79 Å². The molecule has 1 saturated heterocycles. The van der Waals surface area contributed by atoms with E-state index in [0.717, 1.165) is 32.5 Å². The molecule has 1 unspecified atom stereocenters. The molecule has 1 heterocycles. The second kappa shape index (κ2) is 6.39. The SMILES string of the molecule is CCN1CCCC(NC(=O)c2cc(S)ccc2F)C1. The number of hydrogen-bond donors (Lipinski definition) is 2. The molecule has 1 atom stereocenters. The van der Waals surface area contributed by atoms with Crippen molar-refractivity contribution in [2.24, 2.45) is 0 Å². The zero-order chi connectivity index (χ0) is 13.8. The van der Waals surface area contributed by atoms with E-state index in [1.54, 1.807) is 0 Å². The van der Waals surface area contributed by atoms with Crippen LogP contribution in [0.2, 0.25) is 0 Å². The maximum Gasteiger partial charge on any atom is 0.254 e. The number of rotatable bonds is 3. The second-order valence-electron chi connectivity index (χ2n) is 4.87. The molecule has 1 amide bonds. The van der Waals surface area contributed by atoms with Crippen LogP contribution in [0.3, 0.4) is 0 Å². The number of piperidine rings is 1. The summed E-state index contributed by atoms with van der Waals surface area (Å²) >= 11 is 4.14. The van der Waals surface area contributed by atoms with Gasteiger partial charge in [0, 0.05) is 17.5 Å². The van der Waals surface area contributed by atoms with Gasteiger partial charge in [0.05, 0.1) is 5.56 Å². The third-order valence-electron chi connectivity index (χ3n) is 3.48. The van der Waals surface area contributed by atoms with Gasteiger partial charge in [-0.1, -0.05) is 6.92 Å². The summed E-state index contributed by atoms with van der Waals surface area (Å²) in [5, 5.41) is 2.91. The number of amides is 1. The Hall–Kier alpha value is -1.07. The quantitative estimate of drug-likeness (QED) is 0.834. The van der Waals surface area contributed by atoms with Crippen molar-refractivity contribution < 1.29 is 9.18 Å². The van der Waals surface area contributed by atoms with Gasteiger partial charge >= 0.3 is 0 Å². The van der Waals surface area contributed by atoms with E-state index >= 15 is 0 Å². The van der Waals surface area contributed by atoms with Crippen LogP contribution in [-0.2, 0) is 0 Å². The van der Waals surface area contributed by atoms with Gasteiger partial charge in [-0.2, -0.15) is 0 Å². The van der Waals surface area contributed by atoms with Crippen molar-refractivity contribution >= 4 is 18.5 Å². The van der Waals surface area contributed by atoms with Gasteiger partial charge in [0.2, 0.25) is 0 Å². The molecule has 0 radical (unpaired) electrons. The Morgan fingerprint density at radius 2 is 2.37 bits per heavy atom. The van der Waals surface area contributed by atoms with Crippen molar-refractivity contribution in [3.63, 3.8) is 0 Å². The van der Waals surface area contributed by atoms with E-state index in [4.69, 9.17) is 0 Å². The van der Waals surface area contributed by atoms with Crippen molar-refractivity contribution in [3.8, 4) is 0 Å². The summed E-state index contributed by atoms with van der Waals surface area (Å²) in [6.45, 7) is 4.99. The molecule has 0 aromatic heterocycles. The van der Waals surface area contributed by atoms with Crippen LogP contribution in [0.5, 0.6) is 0 Å². The van der Waals surface area contributed by atoms with Crippen LogP contribution in [0.1, 0.15) is 30.1 Å². The smallest absolute Gasteiger partial charge is 0.254 e. The van der Waals surface area contributed by atoms with Crippen LogP contribution < -0.4 is 5.32 Å². The van der Waals surface area contributed by atoms with Gasteiger partial charge in [0.25, 0.3) is 5.91 Å². The molecule has 1 fully saturated rings. The Labute approximate surface area is 118 Å². The Bertz CT molecular complexity index is 467. The molecule has 1 aromatic carbocycles. The molecule has 0 bridgehead atoms. The van der Waals surface area contributed by atoms with Crippen molar-refractivity contribution in [2.45, 2.75) is 30.7 Å². The monoisotopic (exact) mass is 282 g/mol. The molecule has 104 valence electrons. The summed E-state index contributed by atoms with van der Waals surface area (Å²) in [4.78, 5) is 15.0. The Kier molecular flexibility index (Phi) is 4.82. The molecular weight excluding hydrogens is 263 g/mol. The molecule has 0 saturated carbocycles. The Morgan fingerprint density at radius 1 is 1.58 bits per heavy atom. The number of nitrogens with one attached hydrogen (secondary N) is 1. The van der Waals surface area contributed by atoms with Crippen LogP contribution in [0.15, 0.2) is 23.1 Å². The predicted octanol–water partition coefficient (Wildman–Crippen LogP) is 2.33. The number of carbonyl (C=O) groups is 1. The third kappa shape index (κ3) is 3.70. The minimum atomic E-state index is -0.501. The lowest BCUT2D eigenvalue weighted by atomic mass is 10.0. The maximum atomic E-state index is 13.6. The van der Waals surface area contributed by atoms with Crippen molar-refractivity contribution in [1.29, 1.82) is 0 Å². The van der Waals surface area contributed by atoms with E-state index in [0.29, 0.717) is 4.90 Å². The first-order valence-corrected chi connectivity index (χ1v) is 7.06. The number of carbonyl (C=O) groups excluding carboxylic acids is 1. The van der Waals surface area contributed by atoms with Gasteiger partial charge in [-0.05, 0) is 44.1 Å². The van der Waals surface area contributed by atoms with Crippen LogP contribution in [0.4, 0.5) is 4.39 Å². The minimum absolute atomic E-state index is 0.0705. The fraction of sp³-hybridized carbons (Fsp3) is 0.500. The lowest BCUT2D eigenvalue weighted by molar-refractivity contribution is 0.0901. The fourth-order valence-electron chi connectivity index (χ4n) is 2.41. The lowest BCUT2D eigenvalue weighted by Gasteiger charge is -2.32. The second-order valence-corrected chi connectivity index (χ2v) is 5.39. The standard InChI is InChI=1S/C14H19FN2OS/c1-2-17-7-3-4-10(9-17)16-14(18)12-8-11(19)5-6-13(12)15/h5-6,8,10,19H,2-4,7,9H2,1H3,(H,16,18). The molecule has 1 N–H and O–H groups in total. The zero-order valence-corrected chi connectivity index (χ0v) is 11.9. The Balaban J connectivity index is 2.02. The molecule has 2 rings (SSSR count). The molecule has 5 heteroatoms. The summed E-state index contributed by atoms with van der Waals surface area (Å²) in [6.07, 6.45) is 2.01. The molecule has 0 spiro atoms. The highest BCUT2D eigenvalue weighted by Crippen LogP contribution is 2.15. The van der Waals surface area contributed by atoms with E-state index in [1.807, 2.05) is 0 Å². The predicted molar refractivity (Wildman–Crippen MR) is 76.3 cm³/mol. The lowest BCUT2D eigenvalue weighted by Crippen LogP contribution is -2.47. The summed E-state index contributed by atoms with van der Waals surface area (Å²) in [6, 6.07) is 4.38. The highest BCUT2D eigenvalue weighted by atomic mass is 32.1. The highest BCUT2D eigenvalue weighted by molar-refractivity contribution is 7.80. The summed E-state index contributed by atoms with van der Waals surface area (Å²) < 4.78 is 13.6. The van der Waals surface area contributed by atoms with Crippen molar-refractivity contribution in [3.05, 3.63) is 29.6 Å². The number of hydrogen-bond acceptors (Lipinski definition) is 3. The van der Waals surface area contributed by atoms with E-state index in [-0.39, 0.29) is 17.5 Å². The number of thiol groups is 1. The van der Waals surface area contributed by atoms with E-state index < -0.39 is 5.82 Å². The van der Waals surface area contributed by atoms with E-state index in [2.05, 4.69) is 29.8 Å². The van der Waals surface area contributed by atoms with Crippen LogP contribution in [0, 0.1) is 5.82 Å². The molecule has 1 aromatic rings. The van der Waals surface area contributed by atoms with Gasteiger partial charge in [0.1, 0.15) is 5.82 Å². The van der Waals surface area contributed by atoms with E-state index in [1.165, 1.54) is 18.2 Å². The van der Waals surface area contributed by atoms with Crippen LogP contribution >= 0.6 is 12.6 Å². The van der Waals surface area contributed by atoms with Gasteiger partial charge < -0.3 is 10.2 Å². The Morgan fingerprint density at radius 3 is 3.11 bits per heavy atom. The minimum Gasteiger partial charge on any atom is -0.348 e. The van der Waals surface area contributed by atoms with Crippen LogP contribution in [-0.4, -0.2) is 36.5 Å². The first-order chi connectivity index (χ1) is 9.10. The fourth-order valence-corrected chi connectivity index (χ4v) is 2.61. The van der Waals surface area contributed by atoms with Gasteiger partial charge in [-0.15, -0.1) is 12.6 Å². The van der Waals surface area contributed by atoms with E-state index in [9.17, 15) is 9.18 Å². The largest absolute Gasteiger partial charge is 0.348 e. The van der Waals surface area contributed by atoms with Gasteiger partial charge in [-0.25, -0.2) is 4.39 Å². The summed E-state index contributed by atoms with van der Waals surface area (Å²) in [5.41, 5.74) is 0.0705. The summed E-state index contributed by atoms with van der Waals surface area (Å²) in [7, 11) is 0. The highest BCUT2D eigenvalue weighted by Gasteiger charge is 2.22. The van der Waals surface area contributed by atoms with Crippen LogP contribution in [0.25, 0.3) is 0 Å². The zero-order valence-electron chi connectivity index (χ0n) is 11.0. The summed E-state index contributed by atoms with van der Waals surface area (Å²) in [5.74, 6) is -0.852. The molecular formula is C14H19FN2OS. The first kappa shape index (κ1) is 14.3. The molecule has 1 aliphatic rings. The normalized spacial score (nSPS) is 20.3. The molecule has 3 nitrogen and oxygen atoms in total. The first-order valence-electron chi connectivity index (χ1n) is 6.62. The topological polar surface area (TPSA) is 32.3 Å². The van der Waals surface area contributed by atoms with Gasteiger partial charge in [0.15, 0.2) is 0 Å². The molecule has 1 aliphatic heterocycles. The number of nitrogens with zero attached hydrogens (tertiary/aromatic N) is 1.